The fourth-order valence-corrected chi connectivity index (χ4v) is 2.52. The molecule has 0 spiro atoms. The number of hydrogen-bond donors (Lipinski definition) is 3. The van der Waals surface area contributed by atoms with Crippen molar-refractivity contribution >= 4 is 21.8 Å². The lowest BCUT2D eigenvalue weighted by Gasteiger charge is -2.07. The Morgan fingerprint density at radius 1 is 1.00 bits per heavy atom. The zero-order valence-electron chi connectivity index (χ0n) is 13.3. The van der Waals surface area contributed by atoms with E-state index in [1.165, 1.54) is 12.1 Å². The minimum atomic E-state index is -3.72. The smallest absolute Gasteiger partial charge is 0.309 e. The summed E-state index contributed by atoms with van der Waals surface area (Å²) in [5.41, 5.74) is 1.46. The summed E-state index contributed by atoms with van der Waals surface area (Å²) in [5, 5.41) is 9.99. The monoisotopic (exact) mass is 362 g/mol. The Kier molecular flexibility index (Phi) is 6.20. The third-order valence-electron chi connectivity index (χ3n) is 3.31. The predicted octanol–water partition coefficient (Wildman–Crippen LogP) is -0.296. The maximum absolute atomic E-state index is 11.7. The molecular weight excluding hydrogens is 344 g/mol. The average molecular weight is 362 g/mol. The lowest BCUT2D eigenvalue weighted by Crippen LogP contribution is -2.40. The molecule has 1 heterocycles. The number of primary sulfonamides is 1. The van der Waals surface area contributed by atoms with Gasteiger partial charge in [-0.15, -0.1) is 0 Å². The molecule has 25 heavy (non-hydrogen) atoms. The van der Waals surface area contributed by atoms with Crippen molar-refractivity contribution in [3.05, 3.63) is 59.9 Å². The van der Waals surface area contributed by atoms with Gasteiger partial charge in [0.05, 0.1) is 17.1 Å². The molecular formula is C16H18N4O4S. The molecule has 2 amide bonds. The van der Waals surface area contributed by atoms with Crippen LogP contribution in [0.25, 0.3) is 0 Å². The summed E-state index contributed by atoms with van der Waals surface area (Å²) in [6, 6.07) is 11.3. The fourth-order valence-electron chi connectivity index (χ4n) is 2.00. The molecule has 4 N–H and O–H groups in total. The van der Waals surface area contributed by atoms with E-state index in [-0.39, 0.29) is 18.0 Å². The molecule has 0 aliphatic rings. The Morgan fingerprint density at radius 2 is 1.68 bits per heavy atom. The molecule has 9 heteroatoms. The molecule has 2 rings (SSSR count). The topological polar surface area (TPSA) is 131 Å². The highest BCUT2D eigenvalue weighted by molar-refractivity contribution is 7.89. The number of pyridine rings is 1. The van der Waals surface area contributed by atoms with Gasteiger partial charge in [0, 0.05) is 12.7 Å². The Morgan fingerprint density at radius 3 is 2.28 bits per heavy atom. The van der Waals surface area contributed by atoms with E-state index in [0.29, 0.717) is 12.1 Å². The largest absolute Gasteiger partial charge is 0.348 e. The number of nitrogens with two attached hydrogens (primary N) is 1. The van der Waals surface area contributed by atoms with Crippen LogP contribution in [0.2, 0.25) is 0 Å². The number of rotatable bonds is 6. The highest BCUT2D eigenvalue weighted by Gasteiger charge is 2.12. The molecule has 132 valence electrons. The maximum atomic E-state index is 11.7. The second-order valence-electron chi connectivity index (χ2n) is 5.20. The SMILES string of the molecule is NS(=O)(=O)c1ccc(CCNC(=O)C(=O)NCc2ccccn2)cc1. The van der Waals surface area contributed by atoms with E-state index in [1.807, 2.05) is 0 Å². The van der Waals surface area contributed by atoms with Gasteiger partial charge in [0.15, 0.2) is 0 Å². The zero-order valence-corrected chi connectivity index (χ0v) is 14.1. The minimum Gasteiger partial charge on any atom is -0.348 e. The van der Waals surface area contributed by atoms with Crippen LogP contribution in [0.1, 0.15) is 11.3 Å². The van der Waals surface area contributed by atoms with Crippen LogP contribution in [-0.4, -0.2) is 31.8 Å². The molecule has 0 aliphatic heterocycles. The number of benzene rings is 1. The van der Waals surface area contributed by atoms with Crippen molar-refractivity contribution in [1.82, 2.24) is 15.6 Å². The first kappa shape index (κ1) is 18.6. The van der Waals surface area contributed by atoms with Gasteiger partial charge >= 0.3 is 11.8 Å². The highest BCUT2D eigenvalue weighted by atomic mass is 32.2. The predicted molar refractivity (Wildman–Crippen MR) is 90.6 cm³/mol. The molecule has 0 saturated carbocycles. The quantitative estimate of drug-likeness (QED) is 0.607. The van der Waals surface area contributed by atoms with E-state index in [2.05, 4.69) is 15.6 Å². The van der Waals surface area contributed by atoms with Gasteiger partial charge in [0.1, 0.15) is 0 Å². The lowest BCUT2D eigenvalue weighted by molar-refractivity contribution is -0.139. The summed E-state index contributed by atoms with van der Waals surface area (Å²) in [6.07, 6.45) is 2.05. The first-order chi connectivity index (χ1) is 11.9. The molecule has 0 atom stereocenters. The second-order valence-corrected chi connectivity index (χ2v) is 6.76. The molecule has 0 bridgehead atoms. The van der Waals surface area contributed by atoms with Crippen LogP contribution in [0.5, 0.6) is 0 Å². The first-order valence-corrected chi connectivity index (χ1v) is 8.98. The summed E-state index contributed by atoms with van der Waals surface area (Å²) in [4.78, 5) is 27.4. The van der Waals surface area contributed by atoms with Crippen LogP contribution in [0.3, 0.4) is 0 Å². The molecule has 0 aliphatic carbocycles. The summed E-state index contributed by atoms with van der Waals surface area (Å²) >= 11 is 0. The Bertz CT molecular complexity index is 836. The van der Waals surface area contributed by atoms with Gasteiger partial charge in [0.25, 0.3) is 0 Å². The summed E-state index contributed by atoms with van der Waals surface area (Å²) < 4.78 is 22.3. The third-order valence-corrected chi connectivity index (χ3v) is 4.24. The number of aromatic nitrogens is 1. The van der Waals surface area contributed by atoms with Crippen LogP contribution < -0.4 is 15.8 Å². The Balaban J connectivity index is 1.75. The van der Waals surface area contributed by atoms with E-state index < -0.39 is 21.8 Å². The number of nitrogens with zero attached hydrogens (tertiary/aromatic N) is 1. The Hall–Kier alpha value is -2.78. The number of carbonyl (C=O) groups excluding carboxylic acids is 2. The van der Waals surface area contributed by atoms with Crippen LogP contribution in [-0.2, 0) is 32.6 Å². The van der Waals surface area contributed by atoms with Gasteiger partial charge in [-0.25, -0.2) is 13.6 Å². The van der Waals surface area contributed by atoms with E-state index in [4.69, 9.17) is 5.14 Å². The number of hydrogen-bond acceptors (Lipinski definition) is 5. The van der Waals surface area contributed by atoms with Crippen LogP contribution in [0, 0.1) is 0 Å². The molecule has 1 aromatic carbocycles. The molecule has 2 aromatic rings. The number of sulfonamides is 1. The molecule has 8 nitrogen and oxygen atoms in total. The van der Waals surface area contributed by atoms with Crippen molar-refractivity contribution in [2.45, 2.75) is 17.9 Å². The first-order valence-electron chi connectivity index (χ1n) is 7.44. The lowest BCUT2D eigenvalue weighted by atomic mass is 10.1. The van der Waals surface area contributed by atoms with Gasteiger partial charge in [-0.1, -0.05) is 18.2 Å². The van der Waals surface area contributed by atoms with Crippen LogP contribution in [0.4, 0.5) is 0 Å². The van der Waals surface area contributed by atoms with Crippen molar-refractivity contribution < 1.29 is 18.0 Å². The average Bonchev–Trinajstić information content (AvgIpc) is 2.60. The van der Waals surface area contributed by atoms with Crippen molar-refractivity contribution in [2.24, 2.45) is 5.14 Å². The second kappa shape index (κ2) is 8.36. The summed E-state index contributed by atoms with van der Waals surface area (Å²) in [6.45, 7) is 0.409. The van der Waals surface area contributed by atoms with E-state index in [9.17, 15) is 18.0 Å². The van der Waals surface area contributed by atoms with Crippen molar-refractivity contribution in [3.8, 4) is 0 Å². The van der Waals surface area contributed by atoms with Crippen molar-refractivity contribution in [3.63, 3.8) is 0 Å². The number of amides is 2. The third kappa shape index (κ3) is 5.98. The maximum Gasteiger partial charge on any atom is 0.309 e. The van der Waals surface area contributed by atoms with Gasteiger partial charge in [-0.05, 0) is 36.2 Å². The number of carbonyl (C=O) groups is 2. The Labute approximate surface area is 145 Å². The van der Waals surface area contributed by atoms with E-state index in [1.54, 1.807) is 36.5 Å². The highest BCUT2D eigenvalue weighted by Crippen LogP contribution is 2.08. The van der Waals surface area contributed by atoms with Crippen molar-refractivity contribution in [2.75, 3.05) is 6.54 Å². The van der Waals surface area contributed by atoms with Gasteiger partial charge in [0.2, 0.25) is 10.0 Å². The minimum absolute atomic E-state index is 0.0224. The van der Waals surface area contributed by atoms with Gasteiger partial charge < -0.3 is 10.6 Å². The molecule has 0 unspecified atom stereocenters. The summed E-state index contributed by atoms with van der Waals surface area (Å²) in [7, 11) is -3.72. The standard InChI is InChI=1S/C16H18N4O4S/c17-25(23,24)14-6-4-12(5-7-14)8-10-19-15(21)16(22)20-11-13-3-1-2-9-18-13/h1-7,9H,8,10-11H2,(H,19,21)(H,20,22)(H2,17,23,24). The van der Waals surface area contributed by atoms with E-state index in [0.717, 1.165) is 5.56 Å². The van der Waals surface area contributed by atoms with Crippen molar-refractivity contribution in [1.29, 1.82) is 0 Å². The molecule has 0 fully saturated rings. The van der Waals surface area contributed by atoms with E-state index >= 15 is 0 Å². The van der Waals surface area contributed by atoms with Crippen LogP contribution >= 0.6 is 0 Å². The molecule has 1 aromatic heterocycles. The zero-order chi connectivity index (χ0) is 18.3. The summed E-state index contributed by atoms with van der Waals surface area (Å²) in [5.74, 6) is -1.48. The molecule has 0 saturated heterocycles. The normalized spacial score (nSPS) is 10.9. The number of nitrogens with one attached hydrogen (secondary N) is 2. The van der Waals surface area contributed by atoms with Gasteiger partial charge in [-0.2, -0.15) is 0 Å². The fraction of sp³-hybridized carbons (Fsp3) is 0.188. The molecule has 0 radical (unpaired) electrons. The van der Waals surface area contributed by atoms with Crippen LogP contribution in [0.15, 0.2) is 53.6 Å². The van der Waals surface area contributed by atoms with Gasteiger partial charge in [-0.3, -0.25) is 14.6 Å².